The monoisotopic (exact) mass is 248 g/mol. The quantitative estimate of drug-likeness (QED) is 0.741. The van der Waals surface area contributed by atoms with Gasteiger partial charge in [-0.25, -0.2) is 0 Å². The molecular formula is C11H21ClN2O2. The summed E-state index contributed by atoms with van der Waals surface area (Å²) in [6.45, 7) is 5.06. The van der Waals surface area contributed by atoms with Crippen LogP contribution in [0.2, 0.25) is 0 Å². The summed E-state index contributed by atoms with van der Waals surface area (Å²) < 4.78 is 5.35. The zero-order valence-corrected chi connectivity index (χ0v) is 10.4. The van der Waals surface area contributed by atoms with Gasteiger partial charge in [-0.3, -0.25) is 4.79 Å². The molecule has 1 atom stereocenters. The Hall–Kier alpha value is -0.320. The van der Waals surface area contributed by atoms with Gasteiger partial charge in [0.05, 0.1) is 12.5 Å². The molecule has 1 amide bonds. The van der Waals surface area contributed by atoms with E-state index in [1.54, 1.807) is 0 Å². The second kappa shape index (κ2) is 7.09. The zero-order chi connectivity index (χ0) is 10.5. The summed E-state index contributed by atoms with van der Waals surface area (Å²) in [5.74, 6) is 0.532. The van der Waals surface area contributed by atoms with Gasteiger partial charge in [-0.15, -0.1) is 12.4 Å². The molecule has 0 aromatic heterocycles. The molecule has 2 aliphatic heterocycles. The van der Waals surface area contributed by atoms with Crippen LogP contribution in [0.1, 0.15) is 19.3 Å². The van der Waals surface area contributed by atoms with Crippen LogP contribution in [0.25, 0.3) is 0 Å². The third-order valence-corrected chi connectivity index (χ3v) is 3.18. The summed E-state index contributed by atoms with van der Waals surface area (Å²) in [6.07, 6.45) is 3.15. The van der Waals surface area contributed by atoms with E-state index in [0.29, 0.717) is 12.5 Å². The third-order valence-electron chi connectivity index (χ3n) is 3.18. The highest BCUT2D eigenvalue weighted by molar-refractivity contribution is 5.85. The molecule has 1 unspecified atom stereocenters. The molecule has 0 bridgehead atoms. The molecule has 2 saturated heterocycles. The normalized spacial score (nSPS) is 26.8. The summed E-state index contributed by atoms with van der Waals surface area (Å²) in [6, 6.07) is 0. The summed E-state index contributed by atoms with van der Waals surface area (Å²) in [5.41, 5.74) is 0. The lowest BCUT2D eigenvalue weighted by atomic mass is 9.98. The minimum absolute atomic E-state index is 0. The average Bonchev–Trinajstić information content (AvgIpc) is 2.58. The van der Waals surface area contributed by atoms with Crippen molar-refractivity contribution in [3.63, 3.8) is 0 Å². The van der Waals surface area contributed by atoms with Crippen LogP contribution in [0.3, 0.4) is 0 Å². The highest BCUT2D eigenvalue weighted by atomic mass is 35.5. The molecule has 94 valence electrons. The first-order valence-corrected chi connectivity index (χ1v) is 5.95. The molecule has 0 aliphatic carbocycles. The van der Waals surface area contributed by atoms with Gasteiger partial charge < -0.3 is 15.0 Å². The van der Waals surface area contributed by atoms with E-state index in [1.807, 2.05) is 4.90 Å². The van der Waals surface area contributed by atoms with E-state index in [-0.39, 0.29) is 18.3 Å². The summed E-state index contributed by atoms with van der Waals surface area (Å²) in [4.78, 5) is 14.1. The number of carbonyl (C=O) groups excluding carboxylic acids is 1. The Balaban J connectivity index is 0.00000128. The van der Waals surface area contributed by atoms with E-state index in [9.17, 15) is 4.79 Å². The van der Waals surface area contributed by atoms with Gasteiger partial charge in [0.15, 0.2) is 0 Å². The molecule has 5 heteroatoms. The molecule has 2 heterocycles. The predicted molar refractivity (Wildman–Crippen MR) is 64.9 cm³/mol. The molecular weight excluding hydrogens is 228 g/mol. The topological polar surface area (TPSA) is 41.6 Å². The van der Waals surface area contributed by atoms with Gasteiger partial charge in [-0.1, -0.05) is 0 Å². The number of piperidine rings is 1. The van der Waals surface area contributed by atoms with Crippen LogP contribution in [0.4, 0.5) is 0 Å². The number of rotatable bonds is 1. The second-order valence-corrected chi connectivity index (χ2v) is 4.33. The van der Waals surface area contributed by atoms with Crippen molar-refractivity contribution in [3.8, 4) is 0 Å². The number of nitrogens with one attached hydrogen (secondary N) is 1. The molecule has 1 N–H and O–H groups in total. The smallest absolute Gasteiger partial charge is 0.227 e. The zero-order valence-electron chi connectivity index (χ0n) is 9.61. The number of hydrogen-bond donors (Lipinski definition) is 1. The first-order valence-electron chi connectivity index (χ1n) is 5.95. The maximum Gasteiger partial charge on any atom is 0.227 e. The van der Waals surface area contributed by atoms with Crippen molar-refractivity contribution >= 4 is 18.3 Å². The highest BCUT2D eigenvalue weighted by Gasteiger charge is 2.26. The fourth-order valence-corrected chi connectivity index (χ4v) is 2.29. The van der Waals surface area contributed by atoms with Gasteiger partial charge in [-0.05, 0) is 25.8 Å². The van der Waals surface area contributed by atoms with E-state index >= 15 is 0 Å². The number of amides is 1. The first-order chi connectivity index (χ1) is 7.38. The van der Waals surface area contributed by atoms with Crippen molar-refractivity contribution in [3.05, 3.63) is 0 Å². The molecule has 0 aromatic rings. The van der Waals surface area contributed by atoms with E-state index in [2.05, 4.69) is 5.32 Å². The maximum absolute atomic E-state index is 12.1. The van der Waals surface area contributed by atoms with E-state index < -0.39 is 0 Å². The van der Waals surface area contributed by atoms with Crippen molar-refractivity contribution in [2.75, 3.05) is 39.4 Å². The van der Waals surface area contributed by atoms with E-state index in [0.717, 1.165) is 52.0 Å². The Morgan fingerprint density at radius 3 is 2.88 bits per heavy atom. The fraction of sp³-hybridized carbons (Fsp3) is 0.909. The summed E-state index contributed by atoms with van der Waals surface area (Å²) in [5, 5.41) is 3.29. The number of halogens is 1. The summed E-state index contributed by atoms with van der Waals surface area (Å²) >= 11 is 0. The fourth-order valence-electron chi connectivity index (χ4n) is 2.29. The molecule has 2 aliphatic rings. The van der Waals surface area contributed by atoms with E-state index in [1.165, 1.54) is 0 Å². The number of carbonyl (C=O) groups is 1. The molecule has 2 rings (SSSR count). The largest absolute Gasteiger partial charge is 0.380 e. The van der Waals surface area contributed by atoms with Gasteiger partial charge >= 0.3 is 0 Å². The lowest BCUT2D eigenvalue weighted by molar-refractivity contribution is -0.136. The third kappa shape index (κ3) is 3.61. The van der Waals surface area contributed by atoms with Gasteiger partial charge in [-0.2, -0.15) is 0 Å². The Kier molecular flexibility index (Phi) is 6.09. The van der Waals surface area contributed by atoms with Crippen molar-refractivity contribution in [1.82, 2.24) is 10.2 Å². The van der Waals surface area contributed by atoms with Gasteiger partial charge in [0.25, 0.3) is 0 Å². The molecule has 4 nitrogen and oxygen atoms in total. The van der Waals surface area contributed by atoms with Crippen LogP contribution < -0.4 is 5.32 Å². The molecule has 2 fully saturated rings. The number of nitrogens with zero attached hydrogens (tertiary/aromatic N) is 1. The molecule has 0 radical (unpaired) electrons. The first kappa shape index (κ1) is 13.7. The van der Waals surface area contributed by atoms with Crippen LogP contribution in [-0.2, 0) is 9.53 Å². The Bertz CT molecular complexity index is 212. The average molecular weight is 249 g/mol. The lowest BCUT2D eigenvalue weighted by Gasteiger charge is -2.28. The van der Waals surface area contributed by atoms with Gasteiger partial charge in [0.2, 0.25) is 5.91 Å². The van der Waals surface area contributed by atoms with Crippen molar-refractivity contribution in [1.29, 1.82) is 0 Å². The molecule has 0 spiro atoms. The Morgan fingerprint density at radius 2 is 2.12 bits per heavy atom. The van der Waals surface area contributed by atoms with Crippen LogP contribution in [0.15, 0.2) is 0 Å². The molecule has 0 saturated carbocycles. The maximum atomic E-state index is 12.1. The number of hydrogen-bond acceptors (Lipinski definition) is 3. The molecule has 0 aromatic carbocycles. The minimum Gasteiger partial charge on any atom is -0.380 e. The summed E-state index contributed by atoms with van der Waals surface area (Å²) in [7, 11) is 0. The Morgan fingerprint density at radius 1 is 1.25 bits per heavy atom. The minimum atomic E-state index is 0. The number of ether oxygens (including phenoxy) is 1. The van der Waals surface area contributed by atoms with Crippen molar-refractivity contribution < 1.29 is 9.53 Å². The van der Waals surface area contributed by atoms with Crippen LogP contribution in [0.5, 0.6) is 0 Å². The highest BCUT2D eigenvalue weighted by Crippen LogP contribution is 2.14. The second-order valence-electron chi connectivity index (χ2n) is 4.33. The van der Waals surface area contributed by atoms with Crippen LogP contribution >= 0.6 is 12.4 Å². The van der Waals surface area contributed by atoms with E-state index in [4.69, 9.17) is 4.74 Å². The SMILES string of the molecule is Cl.O=C(C1CCCNC1)N1CCCOCC1. The predicted octanol–water partition coefficient (Wildman–Crippen LogP) is 0.657. The standard InChI is InChI=1S/C11H20N2O2.ClH/c14-11(10-3-1-4-12-9-10)13-5-2-7-15-8-6-13;/h10,12H,1-9H2;1H. The molecule has 16 heavy (non-hydrogen) atoms. The van der Waals surface area contributed by atoms with Crippen LogP contribution in [0, 0.1) is 5.92 Å². The van der Waals surface area contributed by atoms with Gasteiger partial charge in [0, 0.05) is 26.2 Å². The van der Waals surface area contributed by atoms with Crippen molar-refractivity contribution in [2.24, 2.45) is 5.92 Å². The lowest BCUT2D eigenvalue weighted by Crippen LogP contribution is -2.43. The van der Waals surface area contributed by atoms with Gasteiger partial charge in [0.1, 0.15) is 0 Å². The Labute approximate surface area is 103 Å². The van der Waals surface area contributed by atoms with Crippen molar-refractivity contribution in [2.45, 2.75) is 19.3 Å². The van der Waals surface area contributed by atoms with Crippen LogP contribution in [-0.4, -0.2) is 50.2 Å².